The summed E-state index contributed by atoms with van der Waals surface area (Å²) in [7, 11) is 3.53. The molecule has 0 aliphatic rings. The van der Waals surface area contributed by atoms with Crippen molar-refractivity contribution in [2.45, 2.75) is 19.6 Å². The number of halogens is 4. The molecule has 8 heteroatoms. The van der Waals surface area contributed by atoms with Gasteiger partial charge in [-0.2, -0.15) is 0 Å². The molecule has 27 heavy (non-hydrogen) atoms. The quantitative estimate of drug-likeness (QED) is 0.413. The number of ether oxygens (including phenoxy) is 2. The molecule has 0 amide bonds. The molecule has 0 aliphatic carbocycles. The maximum absolute atomic E-state index is 13.8. The summed E-state index contributed by atoms with van der Waals surface area (Å²) < 4.78 is 24.9. The Kier molecular flexibility index (Phi) is 13.2. The van der Waals surface area contributed by atoms with Gasteiger partial charge >= 0.3 is 0 Å². The number of benzene rings is 2. The van der Waals surface area contributed by atoms with E-state index >= 15 is 0 Å². The largest absolute Gasteiger partial charge is 1.00 e. The van der Waals surface area contributed by atoms with Gasteiger partial charge in [0.1, 0.15) is 12.4 Å². The molecule has 0 heterocycles. The Balaban J connectivity index is 0.00000338. The lowest BCUT2D eigenvalue weighted by Gasteiger charge is -2.13. The minimum absolute atomic E-state index is 0. The summed E-state index contributed by atoms with van der Waals surface area (Å²) in [6.07, 6.45) is 1.07. The first kappa shape index (κ1) is 25.8. The molecule has 0 aliphatic heterocycles. The van der Waals surface area contributed by atoms with Gasteiger partial charge in [0.15, 0.2) is 11.5 Å². The fourth-order valence-corrected chi connectivity index (χ4v) is 2.60. The van der Waals surface area contributed by atoms with Crippen LogP contribution in [0.3, 0.4) is 0 Å². The van der Waals surface area contributed by atoms with Gasteiger partial charge < -0.3 is 44.9 Å². The molecule has 0 saturated carbocycles. The van der Waals surface area contributed by atoms with Crippen LogP contribution in [-0.2, 0) is 13.2 Å². The molecule has 152 valence electrons. The third-order valence-electron chi connectivity index (χ3n) is 3.77. The first-order valence-electron chi connectivity index (χ1n) is 8.23. The third-order valence-corrected chi connectivity index (χ3v) is 4.13. The lowest BCUT2D eigenvalue weighted by atomic mass is 10.2. The van der Waals surface area contributed by atoms with Crippen LogP contribution < -0.4 is 44.9 Å². The molecule has 0 bridgehead atoms. The standard InChI is InChI=1S/C19H24ClFN2O2.2ClH/c1-22-9-4-10-23-12-14-7-8-18(19(11-14)24-2)25-13-15-16(20)5-3-6-17(15)21;;/h3,5-8,11,22-23H,4,9-10,12-13H2,1-2H3;2*1H/p-2. The molecular formula is C19H24Cl3FN2O2-2. The summed E-state index contributed by atoms with van der Waals surface area (Å²) in [6, 6.07) is 10.3. The highest BCUT2D eigenvalue weighted by Gasteiger charge is 2.10. The van der Waals surface area contributed by atoms with Crippen molar-refractivity contribution >= 4 is 11.6 Å². The van der Waals surface area contributed by atoms with Crippen LogP contribution in [0.25, 0.3) is 0 Å². The van der Waals surface area contributed by atoms with Gasteiger partial charge in [-0.05, 0) is 56.4 Å². The Morgan fingerprint density at radius 3 is 2.52 bits per heavy atom. The van der Waals surface area contributed by atoms with Crippen LogP contribution in [0, 0.1) is 5.82 Å². The van der Waals surface area contributed by atoms with Crippen molar-refractivity contribution in [3.05, 3.63) is 58.4 Å². The summed E-state index contributed by atoms with van der Waals surface area (Å²) in [4.78, 5) is 0. The first-order chi connectivity index (χ1) is 12.2. The number of methoxy groups -OCH3 is 1. The van der Waals surface area contributed by atoms with E-state index in [1.165, 1.54) is 6.07 Å². The van der Waals surface area contributed by atoms with Gasteiger partial charge in [0.2, 0.25) is 0 Å². The van der Waals surface area contributed by atoms with E-state index in [0.717, 1.165) is 31.6 Å². The Bertz CT molecular complexity index is 670. The van der Waals surface area contributed by atoms with Crippen LogP contribution >= 0.6 is 11.6 Å². The summed E-state index contributed by atoms with van der Waals surface area (Å²) in [5, 5.41) is 6.84. The monoisotopic (exact) mass is 436 g/mol. The van der Waals surface area contributed by atoms with E-state index in [2.05, 4.69) is 10.6 Å². The molecule has 2 N–H and O–H groups in total. The van der Waals surface area contributed by atoms with E-state index in [0.29, 0.717) is 22.1 Å². The van der Waals surface area contributed by atoms with E-state index in [1.54, 1.807) is 19.2 Å². The SMILES string of the molecule is CNCCCNCc1ccc(OCc2c(F)cccc2Cl)c(OC)c1.[Cl-].[Cl-]. The topological polar surface area (TPSA) is 42.5 Å². The normalized spacial score (nSPS) is 9.93. The predicted molar refractivity (Wildman–Crippen MR) is 99.0 cm³/mol. The van der Waals surface area contributed by atoms with Crippen molar-refractivity contribution in [2.75, 3.05) is 27.2 Å². The van der Waals surface area contributed by atoms with Gasteiger partial charge in [-0.15, -0.1) is 0 Å². The fraction of sp³-hybridized carbons (Fsp3) is 0.368. The zero-order valence-electron chi connectivity index (χ0n) is 15.3. The molecule has 0 saturated heterocycles. The average molecular weight is 438 g/mol. The minimum atomic E-state index is -0.381. The van der Waals surface area contributed by atoms with Crippen molar-refractivity contribution < 1.29 is 38.7 Å². The third kappa shape index (κ3) is 8.11. The van der Waals surface area contributed by atoms with Crippen LogP contribution in [0.4, 0.5) is 4.39 Å². The summed E-state index contributed by atoms with van der Waals surface area (Å²) in [6.45, 7) is 2.72. The minimum Gasteiger partial charge on any atom is -1.00 e. The summed E-state index contributed by atoms with van der Waals surface area (Å²) in [5.74, 6) is 0.789. The van der Waals surface area contributed by atoms with Gasteiger partial charge in [-0.1, -0.05) is 23.7 Å². The van der Waals surface area contributed by atoms with Crippen LogP contribution in [-0.4, -0.2) is 27.2 Å². The highest BCUT2D eigenvalue weighted by molar-refractivity contribution is 6.31. The van der Waals surface area contributed by atoms with Crippen molar-refractivity contribution in [3.8, 4) is 11.5 Å². The second-order valence-electron chi connectivity index (χ2n) is 5.61. The summed E-state index contributed by atoms with van der Waals surface area (Å²) >= 11 is 6.02. The highest BCUT2D eigenvalue weighted by Crippen LogP contribution is 2.30. The van der Waals surface area contributed by atoms with E-state index in [9.17, 15) is 4.39 Å². The first-order valence-corrected chi connectivity index (χ1v) is 8.61. The van der Waals surface area contributed by atoms with Crippen molar-refractivity contribution in [1.29, 1.82) is 0 Å². The van der Waals surface area contributed by atoms with Crippen LogP contribution in [0.1, 0.15) is 17.5 Å². The van der Waals surface area contributed by atoms with Gasteiger partial charge in [-0.3, -0.25) is 0 Å². The van der Waals surface area contributed by atoms with Crippen molar-refractivity contribution in [2.24, 2.45) is 0 Å². The Labute approximate surface area is 177 Å². The molecule has 4 nitrogen and oxygen atoms in total. The van der Waals surface area contributed by atoms with Crippen molar-refractivity contribution in [3.63, 3.8) is 0 Å². The molecule has 0 unspecified atom stereocenters. The smallest absolute Gasteiger partial charge is 0.161 e. The van der Waals surface area contributed by atoms with Gasteiger partial charge in [0, 0.05) is 12.1 Å². The second kappa shape index (κ2) is 13.9. The lowest BCUT2D eigenvalue weighted by Crippen LogP contribution is -3.00. The number of hydrogen-bond donors (Lipinski definition) is 2. The number of nitrogens with one attached hydrogen (secondary N) is 2. The predicted octanol–water partition coefficient (Wildman–Crippen LogP) is -2.23. The Morgan fingerprint density at radius 1 is 1.07 bits per heavy atom. The number of rotatable bonds is 10. The van der Waals surface area contributed by atoms with Gasteiger partial charge in [0.25, 0.3) is 0 Å². The van der Waals surface area contributed by atoms with E-state index in [1.807, 2.05) is 25.2 Å². The average Bonchev–Trinajstić information content (AvgIpc) is 2.61. The van der Waals surface area contributed by atoms with Crippen LogP contribution in [0.15, 0.2) is 36.4 Å². The molecule has 2 rings (SSSR count). The van der Waals surface area contributed by atoms with E-state index in [4.69, 9.17) is 21.1 Å². The van der Waals surface area contributed by atoms with Crippen molar-refractivity contribution in [1.82, 2.24) is 10.6 Å². The zero-order valence-corrected chi connectivity index (χ0v) is 17.6. The zero-order chi connectivity index (χ0) is 18.1. The lowest BCUT2D eigenvalue weighted by molar-refractivity contribution is -0.001000. The molecule has 0 aromatic heterocycles. The maximum atomic E-state index is 13.8. The molecular weight excluding hydrogens is 414 g/mol. The summed E-state index contributed by atoms with van der Waals surface area (Å²) in [5.41, 5.74) is 1.43. The maximum Gasteiger partial charge on any atom is 0.161 e. The van der Waals surface area contributed by atoms with E-state index < -0.39 is 0 Å². The second-order valence-corrected chi connectivity index (χ2v) is 6.02. The van der Waals surface area contributed by atoms with Crippen LogP contribution in [0.2, 0.25) is 5.02 Å². The molecule has 0 radical (unpaired) electrons. The molecule has 0 atom stereocenters. The van der Waals surface area contributed by atoms with Crippen LogP contribution in [0.5, 0.6) is 11.5 Å². The number of hydrogen-bond acceptors (Lipinski definition) is 4. The molecule has 0 fully saturated rings. The molecule has 2 aromatic rings. The fourth-order valence-electron chi connectivity index (χ4n) is 2.38. The molecule has 0 spiro atoms. The van der Waals surface area contributed by atoms with Gasteiger partial charge in [-0.25, -0.2) is 4.39 Å². The Hall–Kier alpha value is -1.24. The highest BCUT2D eigenvalue weighted by atomic mass is 35.5. The van der Waals surface area contributed by atoms with Gasteiger partial charge in [0.05, 0.1) is 12.1 Å². The molecule has 2 aromatic carbocycles. The van der Waals surface area contributed by atoms with E-state index in [-0.39, 0.29) is 37.2 Å². The Morgan fingerprint density at radius 2 is 1.85 bits per heavy atom.